The van der Waals surface area contributed by atoms with Gasteiger partial charge in [-0.2, -0.15) is 5.26 Å². The van der Waals surface area contributed by atoms with E-state index in [-0.39, 0.29) is 5.91 Å². The predicted octanol–water partition coefficient (Wildman–Crippen LogP) is 4.47. The molecule has 0 saturated carbocycles. The minimum absolute atomic E-state index is 0.220. The summed E-state index contributed by atoms with van der Waals surface area (Å²) in [4.78, 5) is 20.4. The van der Waals surface area contributed by atoms with Gasteiger partial charge < -0.3 is 19.6 Å². The Kier molecular flexibility index (Phi) is 4.60. The fourth-order valence-corrected chi connectivity index (χ4v) is 4.42. The number of hydrogen-bond acceptors (Lipinski definition) is 5. The molecule has 8 heteroatoms. The number of benzene rings is 1. The predicted molar refractivity (Wildman–Crippen MR) is 113 cm³/mol. The Morgan fingerprint density at radius 3 is 2.79 bits per heavy atom. The molecule has 0 radical (unpaired) electrons. The number of rotatable bonds is 4. The van der Waals surface area contributed by atoms with Crippen LogP contribution in [0.4, 0.5) is 5.82 Å². The van der Waals surface area contributed by atoms with Crippen molar-refractivity contribution in [3.63, 3.8) is 0 Å². The summed E-state index contributed by atoms with van der Waals surface area (Å²) in [6.45, 7) is 5.64. The smallest absolute Gasteiger partial charge is 0.258 e. The highest BCUT2D eigenvalue weighted by Gasteiger charge is 2.21. The quantitative estimate of drug-likeness (QED) is 0.523. The topological polar surface area (TPSA) is 95.7 Å². The standard InChI is InChI=1S/C21H19N5O2S/c1-11-7-16(12(2)26(11)21-18(10-22)23-13(3)29-21)20(27)25-19-9-14-8-15(28-4)5-6-17(14)24-19/h5-9,24H,1-4H3,(H,25,27). The van der Waals surface area contributed by atoms with Gasteiger partial charge in [0.25, 0.3) is 5.91 Å². The van der Waals surface area contributed by atoms with Crippen molar-refractivity contribution in [1.29, 1.82) is 5.26 Å². The molecule has 146 valence electrons. The van der Waals surface area contributed by atoms with E-state index in [1.807, 2.05) is 55.7 Å². The lowest BCUT2D eigenvalue weighted by Gasteiger charge is -2.07. The van der Waals surface area contributed by atoms with Crippen molar-refractivity contribution < 1.29 is 9.53 Å². The molecule has 3 heterocycles. The van der Waals surface area contributed by atoms with E-state index in [4.69, 9.17) is 4.74 Å². The number of nitrogens with zero attached hydrogens (tertiary/aromatic N) is 3. The highest BCUT2D eigenvalue weighted by Crippen LogP contribution is 2.29. The summed E-state index contributed by atoms with van der Waals surface area (Å²) in [5.41, 5.74) is 3.46. The highest BCUT2D eigenvalue weighted by atomic mass is 32.1. The monoisotopic (exact) mass is 405 g/mol. The van der Waals surface area contributed by atoms with E-state index in [2.05, 4.69) is 21.4 Å². The molecule has 0 atom stereocenters. The summed E-state index contributed by atoms with van der Waals surface area (Å²) in [6, 6.07) is 11.5. The van der Waals surface area contributed by atoms with Gasteiger partial charge >= 0.3 is 0 Å². The van der Waals surface area contributed by atoms with Crippen LogP contribution in [0.25, 0.3) is 15.9 Å². The second-order valence-electron chi connectivity index (χ2n) is 6.71. The summed E-state index contributed by atoms with van der Waals surface area (Å²) >= 11 is 1.44. The third-order valence-electron chi connectivity index (χ3n) is 4.78. The zero-order valence-corrected chi connectivity index (χ0v) is 17.3. The molecule has 0 saturated heterocycles. The van der Waals surface area contributed by atoms with E-state index in [9.17, 15) is 10.1 Å². The van der Waals surface area contributed by atoms with Crippen molar-refractivity contribution in [3.8, 4) is 16.8 Å². The van der Waals surface area contributed by atoms with Gasteiger partial charge in [-0.25, -0.2) is 4.98 Å². The molecule has 4 rings (SSSR count). The van der Waals surface area contributed by atoms with E-state index >= 15 is 0 Å². The van der Waals surface area contributed by atoms with Gasteiger partial charge in [0.1, 0.15) is 22.6 Å². The van der Waals surface area contributed by atoms with Crippen molar-refractivity contribution >= 4 is 34.0 Å². The Morgan fingerprint density at radius 1 is 1.28 bits per heavy atom. The van der Waals surface area contributed by atoms with E-state index in [1.54, 1.807) is 7.11 Å². The Labute approximate surface area is 171 Å². The maximum absolute atomic E-state index is 12.9. The number of carbonyl (C=O) groups excluding carboxylic acids is 1. The summed E-state index contributed by atoms with van der Waals surface area (Å²) in [6.07, 6.45) is 0. The van der Waals surface area contributed by atoms with Crippen LogP contribution < -0.4 is 10.1 Å². The number of ether oxygens (including phenoxy) is 1. The van der Waals surface area contributed by atoms with E-state index in [0.717, 1.165) is 38.0 Å². The number of methoxy groups -OCH3 is 1. The molecule has 2 N–H and O–H groups in total. The molecule has 1 aromatic carbocycles. The lowest BCUT2D eigenvalue weighted by atomic mass is 10.2. The molecule has 0 fully saturated rings. The molecule has 0 unspecified atom stereocenters. The zero-order chi connectivity index (χ0) is 20.7. The largest absolute Gasteiger partial charge is 0.497 e. The first-order chi connectivity index (χ1) is 13.9. The Bertz CT molecular complexity index is 1290. The van der Waals surface area contributed by atoms with Crippen LogP contribution in [0, 0.1) is 32.1 Å². The fourth-order valence-electron chi connectivity index (χ4n) is 3.44. The van der Waals surface area contributed by atoms with Gasteiger partial charge in [-0.3, -0.25) is 4.79 Å². The molecule has 3 aromatic heterocycles. The summed E-state index contributed by atoms with van der Waals surface area (Å²) in [5, 5.41) is 14.8. The second kappa shape index (κ2) is 7.11. The number of carbonyl (C=O) groups is 1. The number of nitrogens with one attached hydrogen (secondary N) is 2. The van der Waals surface area contributed by atoms with Crippen LogP contribution in [0.15, 0.2) is 30.3 Å². The van der Waals surface area contributed by atoms with Crippen LogP contribution in [0.1, 0.15) is 32.4 Å². The molecular formula is C21H19N5O2S. The van der Waals surface area contributed by atoms with Crippen molar-refractivity contribution in [2.75, 3.05) is 12.4 Å². The van der Waals surface area contributed by atoms with Crippen LogP contribution in [-0.4, -0.2) is 27.6 Å². The minimum Gasteiger partial charge on any atom is -0.497 e. The summed E-state index contributed by atoms with van der Waals surface area (Å²) < 4.78 is 7.16. The number of aromatic amines is 1. The van der Waals surface area contributed by atoms with E-state index in [0.29, 0.717) is 17.1 Å². The van der Waals surface area contributed by atoms with Crippen LogP contribution in [0.2, 0.25) is 0 Å². The van der Waals surface area contributed by atoms with Crippen molar-refractivity contribution in [2.24, 2.45) is 0 Å². The number of nitriles is 1. The molecular weight excluding hydrogens is 386 g/mol. The average molecular weight is 405 g/mol. The highest BCUT2D eigenvalue weighted by molar-refractivity contribution is 7.14. The normalized spacial score (nSPS) is 10.9. The lowest BCUT2D eigenvalue weighted by molar-refractivity contribution is 0.102. The first-order valence-corrected chi connectivity index (χ1v) is 9.78. The molecule has 0 aliphatic heterocycles. The summed E-state index contributed by atoms with van der Waals surface area (Å²) in [7, 11) is 1.62. The molecule has 1 amide bonds. The van der Waals surface area contributed by atoms with Gasteiger partial charge in [0, 0.05) is 22.3 Å². The maximum Gasteiger partial charge on any atom is 0.258 e. The Balaban J connectivity index is 1.67. The van der Waals surface area contributed by atoms with Crippen LogP contribution in [0.5, 0.6) is 5.75 Å². The van der Waals surface area contributed by atoms with Crippen molar-refractivity contribution in [3.05, 3.63) is 58.0 Å². The van der Waals surface area contributed by atoms with E-state index in [1.165, 1.54) is 11.3 Å². The molecule has 29 heavy (non-hydrogen) atoms. The van der Waals surface area contributed by atoms with Crippen LogP contribution >= 0.6 is 11.3 Å². The molecule has 0 bridgehead atoms. The fraction of sp³-hybridized carbons (Fsp3) is 0.190. The third kappa shape index (κ3) is 3.26. The summed E-state index contributed by atoms with van der Waals surface area (Å²) in [5.74, 6) is 1.14. The van der Waals surface area contributed by atoms with Crippen LogP contribution in [-0.2, 0) is 0 Å². The number of hydrogen-bond donors (Lipinski definition) is 2. The van der Waals surface area contributed by atoms with Gasteiger partial charge in [-0.15, -0.1) is 0 Å². The van der Waals surface area contributed by atoms with Gasteiger partial charge in [-0.05, 0) is 51.1 Å². The van der Waals surface area contributed by atoms with E-state index < -0.39 is 0 Å². The number of H-pyrrole nitrogens is 1. The third-order valence-corrected chi connectivity index (χ3v) is 5.73. The first kappa shape index (κ1) is 18.8. The molecule has 0 aliphatic carbocycles. The van der Waals surface area contributed by atoms with Gasteiger partial charge in [-0.1, -0.05) is 11.3 Å². The number of fused-ring (bicyclic) bond motifs is 1. The number of amides is 1. The maximum atomic E-state index is 12.9. The minimum atomic E-state index is -0.220. The molecule has 0 spiro atoms. The van der Waals surface area contributed by atoms with Crippen molar-refractivity contribution in [1.82, 2.24) is 14.5 Å². The van der Waals surface area contributed by atoms with Crippen molar-refractivity contribution in [2.45, 2.75) is 20.8 Å². The molecule has 4 aromatic rings. The molecule has 0 aliphatic rings. The number of anilines is 1. The number of aryl methyl sites for hydroxylation is 2. The molecule has 7 nitrogen and oxygen atoms in total. The van der Waals surface area contributed by atoms with Gasteiger partial charge in [0.15, 0.2) is 5.69 Å². The van der Waals surface area contributed by atoms with Crippen LogP contribution in [0.3, 0.4) is 0 Å². The second-order valence-corrected chi connectivity index (χ2v) is 7.89. The van der Waals surface area contributed by atoms with Gasteiger partial charge in [0.2, 0.25) is 0 Å². The SMILES string of the molecule is COc1ccc2[nH]c(NC(=O)c3cc(C)n(-c4sc(C)nc4C#N)c3C)cc2c1. The number of aromatic nitrogens is 3. The first-order valence-electron chi connectivity index (χ1n) is 8.96. The zero-order valence-electron chi connectivity index (χ0n) is 16.5. The van der Waals surface area contributed by atoms with Gasteiger partial charge in [0.05, 0.1) is 17.7 Å². The average Bonchev–Trinajstić information content (AvgIpc) is 3.35. The Hall–Kier alpha value is -3.57. The Morgan fingerprint density at radius 2 is 2.07 bits per heavy atom. The number of thiazole rings is 1. The lowest BCUT2D eigenvalue weighted by Crippen LogP contribution is -2.13.